The number of hydrogen-bond donors (Lipinski definition) is 1. The maximum atomic E-state index is 11.6. The highest BCUT2D eigenvalue weighted by molar-refractivity contribution is 7.89. The Balaban J connectivity index is 2.69. The van der Waals surface area contributed by atoms with Crippen LogP contribution in [0.3, 0.4) is 0 Å². The molecular weight excluding hydrogens is 190 g/mol. The highest BCUT2D eigenvalue weighted by Crippen LogP contribution is 2.20. The fraction of sp³-hybridized carbons (Fsp3) is 1.00. The van der Waals surface area contributed by atoms with Crippen molar-refractivity contribution in [1.29, 1.82) is 0 Å². The average Bonchev–Trinajstić information content (AvgIpc) is 2.51. The third kappa shape index (κ3) is 2.42. The fourth-order valence-corrected chi connectivity index (χ4v) is 3.52. The number of nitrogens with zero attached hydrogens (tertiary/aromatic N) is 1. The molecule has 0 aromatic heterocycles. The number of aliphatic hydroxyl groups is 1. The third-order valence-corrected chi connectivity index (χ3v) is 4.47. The van der Waals surface area contributed by atoms with Gasteiger partial charge in [-0.3, -0.25) is 0 Å². The average molecular weight is 207 g/mol. The molecule has 1 fully saturated rings. The molecule has 1 rings (SSSR count). The van der Waals surface area contributed by atoms with E-state index in [9.17, 15) is 8.42 Å². The molecule has 1 saturated heterocycles. The predicted molar refractivity (Wildman–Crippen MR) is 50.9 cm³/mol. The SMILES string of the molecule is CCCS(=O)(=O)N1CCCC1CO. The van der Waals surface area contributed by atoms with E-state index in [0.29, 0.717) is 13.0 Å². The van der Waals surface area contributed by atoms with E-state index in [2.05, 4.69) is 0 Å². The Kier molecular flexibility index (Phi) is 3.70. The molecule has 0 aromatic carbocycles. The second kappa shape index (κ2) is 4.39. The van der Waals surface area contributed by atoms with E-state index in [1.54, 1.807) is 0 Å². The molecule has 1 aliphatic heterocycles. The van der Waals surface area contributed by atoms with Gasteiger partial charge in [0.2, 0.25) is 10.0 Å². The summed E-state index contributed by atoms with van der Waals surface area (Å²) in [5, 5.41) is 8.96. The van der Waals surface area contributed by atoms with Crippen molar-refractivity contribution in [2.75, 3.05) is 18.9 Å². The normalized spacial score (nSPS) is 25.2. The Bertz CT molecular complexity index is 250. The van der Waals surface area contributed by atoms with Crippen molar-refractivity contribution < 1.29 is 13.5 Å². The van der Waals surface area contributed by atoms with Crippen LogP contribution in [0.4, 0.5) is 0 Å². The molecule has 1 aliphatic rings. The zero-order chi connectivity index (χ0) is 9.90. The van der Waals surface area contributed by atoms with Crippen LogP contribution in [0, 0.1) is 0 Å². The van der Waals surface area contributed by atoms with Crippen LogP contribution in [0.2, 0.25) is 0 Å². The van der Waals surface area contributed by atoms with Gasteiger partial charge in [-0.05, 0) is 19.3 Å². The van der Waals surface area contributed by atoms with Crippen LogP contribution in [0.1, 0.15) is 26.2 Å². The zero-order valence-corrected chi connectivity index (χ0v) is 8.76. The Morgan fingerprint density at radius 2 is 2.23 bits per heavy atom. The summed E-state index contributed by atoms with van der Waals surface area (Å²) in [5.41, 5.74) is 0. The van der Waals surface area contributed by atoms with E-state index in [0.717, 1.165) is 12.8 Å². The van der Waals surface area contributed by atoms with E-state index >= 15 is 0 Å². The van der Waals surface area contributed by atoms with Gasteiger partial charge in [0.15, 0.2) is 0 Å². The first-order valence-corrected chi connectivity index (χ1v) is 6.33. The van der Waals surface area contributed by atoms with Crippen molar-refractivity contribution in [3.63, 3.8) is 0 Å². The highest BCUT2D eigenvalue weighted by atomic mass is 32.2. The van der Waals surface area contributed by atoms with Crippen LogP contribution in [0.25, 0.3) is 0 Å². The van der Waals surface area contributed by atoms with Gasteiger partial charge < -0.3 is 5.11 Å². The van der Waals surface area contributed by atoms with Crippen molar-refractivity contribution in [2.24, 2.45) is 0 Å². The lowest BCUT2D eigenvalue weighted by Gasteiger charge is -2.21. The summed E-state index contributed by atoms with van der Waals surface area (Å²) in [7, 11) is -3.10. The molecule has 13 heavy (non-hydrogen) atoms. The largest absolute Gasteiger partial charge is 0.395 e. The van der Waals surface area contributed by atoms with E-state index in [-0.39, 0.29) is 18.4 Å². The van der Waals surface area contributed by atoms with Gasteiger partial charge in [0.1, 0.15) is 0 Å². The lowest BCUT2D eigenvalue weighted by Crippen LogP contribution is -2.38. The number of sulfonamides is 1. The van der Waals surface area contributed by atoms with Gasteiger partial charge in [-0.15, -0.1) is 0 Å². The molecule has 0 aliphatic carbocycles. The lowest BCUT2D eigenvalue weighted by atomic mass is 10.2. The molecule has 1 heterocycles. The second-order valence-electron chi connectivity index (χ2n) is 3.41. The summed E-state index contributed by atoms with van der Waals surface area (Å²) < 4.78 is 24.7. The molecular formula is C8H17NO3S. The Hall–Kier alpha value is -0.130. The van der Waals surface area contributed by atoms with Crippen molar-refractivity contribution in [2.45, 2.75) is 32.2 Å². The maximum Gasteiger partial charge on any atom is 0.214 e. The first-order chi connectivity index (χ1) is 6.11. The van der Waals surface area contributed by atoms with Crippen LogP contribution in [-0.2, 0) is 10.0 Å². The van der Waals surface area contributed by atoms with Gasteiger partial charge in [0.05, 0.1) is 12.4 Å². The smallest absolute Gasteiger partial charge is 0.214 e. The molecule has 0 aromatic rings. The first-order valence-electron chi connectivity index (χ1n) is 4.72. The first kappa shape index (κ1) is 10.9. The van der Waals surface area contributed by atoms with E-state index in [1.165, 1.54) is 4.31 Å². The lowest BCUT2D eigenvalue weighted by molar-refractivity contribution is 0.213. The third-order valence-electron chi connectivity index (χ3n) is 2.35. The maximum absolute atomic E-state index is 11.6. The van der Waals surface area contributed by atoms with Crippen LogP contribution in [0.5, 0.6) is 0 Å². The summed E-state index contributed by atoms with van der Waals surface area (Å²) in [6.07, 6.45) is 2.30. The Labute approximate surface area is 79.6 Å². The van der Waals surface area contributed by atoms with E-state index in [1.807, 2.05) is 6.92 Å². The van der Waals surface area contributed by atoms with E-state index in [4.69, 9.17) is 5.11 Å². The zero-order valence-electron chi connectivity index (χ0n) is 7.94. The van der Waals surface area contributed by atoms with E-state index < -0.39 is 10.0 Å². The van der Waals surface area contributed by atoms with Crippen LogP contribution in [-0.4, -0.2) is 42.8 Å². The summed E-state index contributed by atoms with van der Waals surface area (Å²) in [6.45, 7) is 2.37. The molecule has 1 unspecified atom stereocenters. The monoisotopic (exact) mass is 207 g/mol. The minimum atomic E-state index is -3.10. The van der Waals surface area contributed by atoms with Crippen LogP contribution >= 0.6 is 0 Å². The quantitative estimate of drug-likeness (QED) is 0.715. The number of hydrogen-bond acceptors (Lipinski definition) is 3. The number of aliphatic hydroxyl groups excluding tert-OH is 1. The van der Waals surface area contributed by atoms with Crippen LogP contribution in [0.15, 0.2) is 0 Å². The summed E-state index contributed by atoms with van der Waals surface area (Å²) >= 11 is 0. The fourth-order valence-electron chi connectivity index (χ4n) is 1.73. The molecule has 0 radical (unpaired) electrons. The molecule has 1 atom stereocenters. The summed E-state index contributed by atoms with van der Waals surface area (Å²) in [4.78, 5) is 0. The van der Waals surface area contributed by atoms with Gasteiger partial charge in [-0.2, -0.15) is 4.31 Å². The van der Waals surface area contributed by atoms with Gasteiger partial charge in [0, 0.05) is 12.6 Å². The Morgan fingerprint density at radius 1 is 1.54 bits per heavy atom. The van der Waals surface area contributed by atoms with Gasteiger partial charge in [0.25, 0.3) is 0 Å². The molecule has 4 nitrogen and oxygen atoms in total. The minimum Gasteiger partial charge on any atom is -0.395 e. The molecule has 0 saturated carbocycles. The molecule has 78 valence electrons. The molecule has 0 bridgehead atoms. The molecule has 5 heteroatoms. The highest BCUT2D eigenvalue weighted by Gasteiger charge is 2.32. The predicted octanol–water partition coefficient (Wildman–Crippen LogP) is 0.183. The molecule has 1 N–H and O–H groups in total. The van der Waals surface area contributed by atoms with Gasteiger partial charge >= 0.3 is 0 Å². The topological polar surface area (TPSA) is 57.6 Å². The van der Waals surface area contributed by atoms with Crippen molar-refractivity contribution in [3.8, 4) is 0 Å². The van der Waals surface area contributed by atoms with Crippen molar-refractivity contribution in [3.05, 3.63) is 0 Å². The molecule has 0 spiro atoms. The summed E-state index contributed by atoms with van der Waals surface area (Å²) in [6, 6.07) is -0.170. The summed E-state index contributed by atoms with van der Waals surface area (Å²) in [5.74, 6) is 0.198. The molecule has 0 amide bonds. The standard InChI is InChI=1S/C8H17NO3S/c1-2-6-13(11,12)9-5-3-4-8(9)7-10/h8,10H,2-7H2,1H3. The van der Waals surface area contributed by atoms with Crippen molar-refractivity contribution in [1.82, 2.24) is 4.31 Å². The van der Waals surface area contributed by atoms with Gasteiger partial charge in [-0.1, -0.05) is 6.92 Å². The second-order valence-corrected chi connectivity index (χ2v) is 5.45. The van der Waals surface area contributed by atoms with Gasteiger partial charge in [-0.25, -0.2) is 8.42 Å². The van der Waals surface area contributed by atoms with Crippen molar-refractivity contribution >= 4 is 10.0 Å². The Morgan fingerprint density at radius 3 is 2.77 bits per heavy atom. The van der Waals surface area contributed by atoms with Crippen LogP contribution < -0.4 is 0 Å². The minimum absolute atomic E-state index is 0.0526. The number of rotatable bonds is 4.